The molecule has 0 radical (unpaired) electrons. The average molecular weight is 550 g/mol. The second kappa shape index (κ2) is 12.9. The van der Waals surface area contributed by atoms with E-state index in [0.29, 0.717) is 18.2 Å². The Morgan fingerprint density at radius 2 is 1.84 bits per heavy atom. The highest BCUT2D eigenvalue weighted by Gasteiger charge is 2.07. The largest absolute Gasteiger partial charge is 0.497 e. The van der Waals surface area contributed by atoms with Gasteiger partial charge in [-0.1, -0.05) is 12.1 Å². The lowest BCUT2D eigenvalue weighted by molar-refractivity contribution is 0.411. The number of aliphatic imine (C=N–C) groups is 1. The summed E-state index contributed by atoms with van der Waals surface area (Å²) in [5, 5.41) is 13.9. The fourth-order valence-electron chi connectivity index (χ4n) is 3.08. The molecule has 0 saturated heterocycles. The van der Waals surface area contributed by atoms with Crippen molar-refractivity contribution >= 4 is 29.9 Å². The lowest BCUT2D eigenvalue weighted by Crippen LogP contribution is -2.38. The molecule has 0 aliphatic heterocycles. The Balaban J connectivity index is 0.00000363. The van der Waals surface area contributed by atoms with Gasteiger partial charge in [-0.2, -0.15) is 5.10 Å². The topological polar surface area (TPSA) is 96.5 Å². The Morgan fingerprint density at radius 3 is 2.53 bits per heavy atom. The highest BCUT2D eigenvalue weighted by molar-refractivity contribution is 14.0. The van der Waals surface area contributed by atoms with E-state index < -0.39 is 0 Å². The molecule has 3 N–H and O–H groups in total. The number of aromatic amines is 1. The molecule has 0 amide bonds. The third-order valence-electron chi connectivity index (χ3n) is 4.79. The Hall–Kier alpha value is -2.82. The van der Waals surface area contributed by atoms with E-state index in [0.717, 1.165) is 48.1 Å². The lowest BCUT2D eigenvalue weighted by Gasteiger charge is -2.12. The van der Waals surface area contributed by atoms with Crippen molar-refractivity contribution in [3.63, 3.8) is 0 Å². The molecule has 3 aromatic rings. The summed E-state index contributed by atoms with van der Waals surface area (Å²) in [6.45, 7) is 6.01. The van der Waals surface area contributed by atoms with Crippen LogP contribution < -0.4 is 20.1 Å². The minimum absolute atomic E-state index is 0. The molecule has 172 valence electrons. The first kappa shape index (κ1) is 25.4. The van der Waals surface area contributed by atoms with E-state index in [1.807, 2.05) is 38.1 Å². The molecule has 0 saturated carbocycles. The molecule has 2 aromatic carbocycles. The number of aryl methyl sites for hydroxylation is 1. The van der Waals surface area contributed by atoms with Gasteiger partial charge in [-0.3, -0.25) is 5.10 Å². The molecule has 0 bridgehead atoms. The fraction of sp³-hybridized carbons (Fsp3) is 0.348. The van der Waals surface area contributed by atoms with E-state index >= 15 is 0 Å². The zero-order chi connectivity index (χ0) is 22.1. The van der Waals surface area contributed by atoms with Crippen LogP contribution in [-0.2, 0) is 13.0 Å². The molecular formula is C23H31IN6O2. The fourth-order valence-corrected chi connectivity index (χ4v) is 3.08. The van der Waals surface area contributed by atoms with Gasteiger partial charge < -0.3 is 20.1 Å². The van der Waals surface area contributed by atoms with Crippen molar-refractivity contribution in [1.29, 1.82) is 0 Å². The van der Waals surface area contributed by atoms with Crippen molar-refractivity contribution in [3.8, 4) is 22.9 Å². The normalized spacial score (nSPS) is 10.9. The Morgan fingerprint density at radius 1 is 1.06 bits per heavy atom. The van der Waals surface area contributed by atoms with Crippen LogP contribution in [0.4, 0.5) is 0 Å². The van der Waals surface area contributed by atoms with Gasteiger partial charge in [0.25, 0.3) is 0 Å². The van der Waals surface area contributed by atoms with Crippen LogP contribution in [0.3, 0.4) is 0 Å². The zero-order valence-corrected chi connectivity index (χ0v) is 21.3. The molecule has 0 spiro atoms. The molecule has 0 atom stereocenters. The quantitative estimate of drug-likeness (QED) is 0.214. The number of H-pyrrole nitrogens is 1. The van der Waals surface area contributed by atoms with Crippen LogP contribution in [0.2, 0.25) is 0 Å². The summed E-state index contributed by atoms with van der Waals surface area (Å²) in [6.07, 6.45) is 0.866. The van der Waals surface area contributed by atoms with E-state index in [-0.39, 0.29) is 24.0 Å². The number of aromatic nitrogens is 3. The van der Waals surface area contributed by atoms with E-state index in [9.17, 15) is 0 Å². The summed E-state index contributed by atoms with van der Waals surface area (Å²) in [5.74, 6) is 3.79. The van der Waals surface area contributed by atoms with Gasteiger partial charge in [0.1, 0.15) is 23.9 Å². The molecule has 3 rings (SSSR count). The number of benzene rings is 2. The minimum atomic E-state index is 0. The molecule has 1 aromatic heterocycles. The molecule has 0 fully saturated rings. The summed E-state index contributed by atoms with van der Waals surface area (Å²) < 4.78 is 10.6. The number of ether oxygens (including phenoxy) is 2. The zero-order valence-electron chi connectivity index (χ0n) is 18.9. The second-order valence-corrected chi connectivity index (χ2v) is 7.01. The van der Waals surface area contributed by atoms with Gasteiger partial charge in [0.05, 0.1) is 14.2 Å². The molecule has 8 nitrogen and oxygen atoms in total. The van der Waals surface area contributed by atoms with Crippen LogP contribution >= 0.6 is 24.0 Å². The summed E-state index contributed by atoms with van der Waals surface area (Å²) in [5.41, 5.74) is 3.27. The highest BCUT2D eigenvalue weighted by Crippen LogP contribution is 2.20. The Kier molecular flexibility index (Phi) is 10.3. The van der Waals surface area contributed by atoms with Gasteiger partial charge in [0.15, 0.2) is 11.8 Å². The first-order valence-corrected chi connectivity index (χ1v) is 10.3. The predicted octanol–water partition coefficient (Wildman–Crippen LogP) is 3.71. The molecule has 9 heteroatoms. The first-order valence-electron chi connectivity index (χ1n) is 10.3. The second-order valence-electron chi connectivity index (χ2n) is 7.01. The van der Waals surface area contributed by atoms with Crippen LogP contribution in [0.5, 0.6) is 11.5 Å². The van der Waals surface area contributed by atoms with Crippen molar-refractivity contribution in [2.45, 2.75) is 26.8 Å². The van der Waals surface area contributed by atoms with Gasteiger partial charge in [0, 0.05) is 18.7 Å². The van der Waals surface area contributed by atoms with E-state index in [1.165, 1.54) is 5.56 Å². The van der Waals surface area contributed by atoms with Gasteiger partial charge in [-0.15, -0.1) is 24.0 Å². The van der Waals surface area contributed by atoms with E-state index in [2.05, 4.69) is 49.0 Å². The Bertz CT molecular complexity index is 1000. The van der Waals surface area contributed by atoms with Gasteiger partial charge in [0.2, 0.25) is 0 Å². The number of hydrogen-bond acceptors (Lipinski definition) is 5. The maximum atomic E-state index is 5.41. The minimum Gasteiger partial charge on any atom is -0.497 e. The van der Waals surface area contributed by atoms with Crippen LogP contribution in [0.1, 0.15) is 23.9 Å². The standard InChI is InChI=1S/C23H30N6O2.HI/c1-5-24-23(25-13-12-17-7-6-16(2)20(14-17)31-4)26-15-21-27-22(29-28-21)18-8-10-19(30-3)11-9-18;/h6-11,14H,5,12-13,15H2,1-4H3,(H2,24,25,26)(H,27,28,29);1H. The molecule has 1 heterocycles. The van der Waals surface area contributed by atoms with Crippen molar-refractivity contribution < 1.29 is 9.47 Å². The Labute approximate surface area is 206 Å². The average Bonchev–Trinajstić information content (AvgIpc) is 3.27. The third-order valence-corrected chi connectivity index (χ3v) is 4.79. The number of rotatable bonds is 9. The van der Waals surface area contributed by atoms with Crippen molar-refractivity contribution in [3.05, 3.63) is 59.4 Å². The van der Waals surface area contributed by atoms with Crippen LogP contribution in [0.15, 0.2) is 47.5 Å². The van der Waals surface area contributed by atoms with Gasteiger partial charge in [-0.25, -0.2) is 9.98 Å². The number of guanidine groups is 1. The lowest BCUT2D eigenvalue weighted by atomic mass is 10.1. The van der Waals surface area contributed by atoms with Crippen LogP contribution in [-0.4, -0.2) is 48.5 Å². The number of methoxy groups -OCH3 is 2. The van der Waals surface area contributed by atoms with Crippen LogP contribution in [0.25, 0.3) is 11.4 Å². The van der Waals surface area contributed by atoms with Crippen molar-refractivity contribution in [1.82, 2.24) is 25.8 Å². The van der Waals surface area contributed by atoms with Crippen LogP contribution in [0, 0.1) is 6.92 Å². The SMILES string of the molecule is CCNC(=NCc1nc(-c2ccc(OC)cc2)n[nH]1)NCCc1ccc(C)c(OC)c1.I. The maximum Gasteiger partial charge on any atom is 0.191 e. The molecule has 0 aliphatic carbocycles. The summed E-state index contributed by atoms with van der Waals surface area (Å²) in [7, 11) is 3.34. The first-order chi connectivity index (χ1) is 15.1. The number of nitrogens with zero attached hydrogens (tertiary/aromatic N) is 3. The summed E-state index contributed by atoms with van der Waals surface area (Å²) in [6, 6.07) is 13.9. The highest BCUT2D eigenvalue weighted by atomic mass is 127. The molecular weight excluding hydrogens is 519 g/mol. The van der Waals surface area contributed by atoms with Crippen molar-refractivity contribution in [2.24, 2.45) is 4.99 Å². The maximum absolute atomic E-state index is 5.41. The smallest absolute Gasteiger partial charge is 0.191 e. The van der Waals surface area contributed by atoms with Crippen molar-refractivity contribution in [2.75, 3.05) is 27.3 Å². The number of nitrogens with one attached hydrogen (secondary N) is 3. The molecule has 0 unspecified atom stereocenters. The number of hydrogen-bond donors (Lipinski definition) is 3. The van der Waals surface area contributed by atoms with E-state index in [1.54, 1.807) is 14.2 Å². The third kappa shape index (κ3) is 7.11. The number of halogens is 1. The summed E-state index contributed by atoms with van der Waals surface area (Å²) >= 11 is 0. The molecule has 32 heavy (non-hydrogen) atoms. The van der Waals surface area contributed by atoms with E-state index in [4.69, 9.17) is 9.47 Å². The van der Waals surface area contributed by atoms with Gasteiger partial charge >= 0.3 is 0 Å². The van der Waals surface area contributed by atoms with Gasteiger partial charge in [-0.05, 0) is 61.7 Å². The molecule has 0 aliphatic rings. The monoisotopic (exact) mass is 550 g/mol. The summed E-state index contributed by atoms with van der Waals surface area (Å²) in [4.78, 5) is 9.15. The predicted molar refractivity (Wildman–Crippen MR) is 138 cm³/mol.